The van der Waals surface area contributed by atoms with Crippen molar-refractivity contribution in [3.8, 4) is 0 Å². The van der Waals surface area contributed by atoms with Crippen LogP contribution < -0.4 is 5.73 Å². The highest BCUT2D eigenvalue weighted by Crippen LogP contribution is 2.36. The number of anilines is 1. The average Bonchev–Trinajstić information content (AvgIpc) is 2.13. The van der Waals surface area contributed by atoms with Crippen LogP contribution in [0.5, 0.6) is 0 Å². The lowest BCUT2D eigenvalue weighted by molar-refractivity contribution is 1.24. The van der Waals surface area contributed by atoms with Crippen LogP contribution in [0, 0.1) is 6.92 Å². The number of aromatic nitrogens is 1. The zero-order valence-electron chi connectivity index (χ0n) is 7.81. The van der Waals surface area contributed by atoms with Gasteiger partial charge < -0.3 is 5.73 Å². The minimum atomic E-state index is 0.517. The van der Waals surface area contributed by atoms with E-state index >= 15 is 0 Å². The van der Waals surface area contributed by atoms with Crippen LogP contribution >= 0.6 is 39.1 Å². The molecule has 1 aromatic heterocycles. The fourth-order valence-corrected chi connectivity index (χ4v) is 2.32. The Labute approximate surface area is 106 Å². The van der Waals surface area contributed by atoms with Crippen LogP contribution in [0.3, 0.4) is 0 Å². The topological polar surface area (TPSA) is 38.9 Å². The lowest BCUT2D eigenvalue weighted by Gasteiger charge is -2.08. The minimum Gasteiger partial charge on any atom is -0.397 e. The SMILES string of the molecule is Cc1nc2cc(Cl)cc(Cl)c2c(N)c1Br. The van der Waals surface area contributed by atoms with Gasteiger partial charge in [-0.1, -0.05) is 23.2 Å². The monoisotopic (exact) mass is 304 g/mol. The quantitative estimate of drug-likeness (QED) is 0.792. The van der Waals surface area contributed by atoms with Crippen LogP contribution in [0.4, 0.5) is 5.69 Å². The summed E-state index contributed by atoms with van der Waals surface area (Å²) in [6.45, 7) is 1.87. The van der Waals surface area contributed by atoms with Crippen LogP contribution in [0.2, 0.25) is 10.0 Å². The minimum absolute atomic E-state index is 0.517. The molecule has 0 spiro atoms. The smallest absolute Gasteiger partial charge is 0.0756 e. The van der Waals surface area contributed by atoms with Gasteiger partial charge in [-0.3, -0.25) is 4.98 Å². The molecular weight excluding hydrogens is 299 g/mol. The maximum absolute atomic E-state index is 6.07. The molecule has 0 aliphatic rings. The number of pyridine rings is 1. The van der Waals surface area contributed by atoms with Crippen molar-refractivity contribution in [1.82, 2.24) is 4.98 Å². The van der Waals surface area contributed by atoms with Gasteiger partial charge in [0.15, 0.2) is 0 Å². The van der Waals surface area contributed by atoms with E-state index in [1.165, 1.54) is 0 Å². The summed E-state index contributed by atoms with van der Waals surface area (Å²) in [6.07, 6.45) is 0. The van der Waals surface area contributed by atoms with Crippen LogP contribution in [-0.4, -0.2) is 4.98 Å². The van der Waals surface area contributed by atoms with Crippen molar-refractivity contribution in [1.29, 1.82) is 0 Å². The first kappa shape index (κ1) is 11.0. The molecule has 2 N–H and O–H groups in total. The van der Waals surface area contributed by atoms with Gasteiger partial charge in [-0.15, -0.1) is 0 Å². The second-order valence-corrected chi connectivity index (χ2v) is 4.84. The number of nitrogens with zero attached hydrogens (tertiary/aromatic N) is 1. The van der Waals surface area contributed by atoms with Crippen LogP contribution in [0.15, 0.2) is 16.6 Å². The number of hydrogen-bond donors (Lipinski definition) is 1. The summed E-state index contributed by atoms with van der Waals surface area (Å²) in [6, 6.07) is 3.41. The zero-order valence-corrected chi connectivity index (χ0v) is 10.9. The Bertz CT molecular complexity index is 555. The van der Waals surface area contributed by atoms with Crippen molar-refractivity contribution < 1.29 is 0 Å². The fraction of sp³-hybridized carbons (Fsp3) is 0.100. The van der Waals surface area contributed by atoms with E-state index in [9.17, 15) is 0 Å². The Morgan fingerprint density at radius 3 is 2.67 bits per heavy atom. The molecule has 0 saturated heterocycles. The Morgan fingerprint density at radius 2 is 2.00 bits per heavy atom. The third-order valence-corrected chi connectivity index (χ3v) is 3.66. The van der Waals surface area contributed by atoms with E-state index in [0.717, 1.165) is 15.6 Å². The number of rotatable bonds is 0. The number of benzene rings is 1. The third-order valence-electron chi connectivity index (χ3n) is 2.15. The first-order chi connectivity index (χ1) is 7.00. The Morgan fingerprint density at radius 1 is 1.33 bits per heavy atom. The summed E-state index contributed by atoms with van der Waals surface area (Å²) >= 11 is 15.3. The molecule has 2 nitrogen and oxygen atoms in total. The average molecular weight is 306 g/mol. The van der Waals surface area contributed by atoms with Gasteiger partial charge in [0, 0.05) is 10.4 Å². The van der Waals surface area contributed by atoms with E-state index < -0.39 is 0 Å². The molecule has 0 bridgehead atoms. The Kier molecular flexibility index (Phi) is 2.79. The summed E-state index contributed by atoms with van der Waals surface area (Å²) in [5.74, 6) is 0. The van der Waals surface area contributed by atoms with Crippen LogP contribution in [-0.2, 0) is 0 Å². The standard InChI is InChI=1S/C10H7BrCl2N2/c1-4-9(11)10(14)8-6(13)2-5(12)3-7(8)15-4/h2-3H,1H3,(H2,14,15). The van der Waals surface area contributed by atoms with Crippen molar-refractivity contribution in [2.24, 2.45) is 0 Å². The molecule has 0 amide bonds. The van der Waals surface area contributed by atoms with Crippen molar-refractivity contribution >= 4 is 55.7 Å². The van der Waals surface area contributed by atoms with E-state index in [-0.39, 0.29) is 0 Å². The Hall–Kier alpha value is -0.510. The molecule has 1 heterocycles. The van der Waals surface area contributed by atoms with E-state index in [1.54, 1.807) is 12.1 Å². The molecule has 0 aliphatic heterocycles. The number of aryl methyl sites for hydroxylation is 1. The number of halogens is 3. The van der Waals surface area contributed by atoms with Crippen LogP contribution in [0.1, 0.15) is 5.69 Å². The van der Waals surface area contributed by atoms with E-state index in [1.807, 2.05) is 6.92 Å². The molecule has 0 atom stereocenters. The first-order valence-electron chi connectivity index (χ1n) is 4.21. The number of nitrogens with two attached hydrogens (primary N) is 1. The predicted molar refractivity (Wildman–Crippen MR) is 68.6 cm³/mol. The molecule has 0 unspecified atom stereocenters. The fourth-order valence-electron chi connectivity index (χ4n) is 1.45. The van der Waals surface area contributed by atoms with Gasteiger partial charge in [0.05, 0.1) is 26.4 Å². The van der Waals surface area contributed by atoms with Gasteiger partial charge in [0.25, 0.3) is 0 Å². The second kappa shape index (κ2) is 3.81. The summed E-state index contributed by atoms with van der Waals surface area (Å²) in [4.78, 5) is 4.36. The number of nitrogen functional groups attached to an aromatic ring is 1. The first-order valence-corrected chi connectivity index (χ1v) is 5.76. The lowest BCUT2D eigenvalue weighted by Crippen LogP contribution is -1.95. The van der Waals surface area contributed by atoms with Gasteiger partial charge in [0.1, 0.15) is 0 Å². The summed E-state index contributed by atoms with van der Waals surface area (Å²) in [5, 5.41) is 1.81. The van der Waals surface area contributed by atoms with Gasteiger partial charge in [-0.2, -0.15) is 0 Å². The molecule has 15 heavy (non-hydrogen) atoms. The van der Waals surface area contributed by atoms with Crippen molar-refractivity contribution in [3.05, 3.63) is 32.3 Å². The highest BCUT2D eigenvalue weighted by Gasteiger charge is 2.11. The maximum atomic E-state index is 6.07. The van der Waals surface area contributed by atoms with Gasteiger partial charge >= 0.3 is 0 Å². The van der Waals surface area contributed by atoms with Crippen molar-refractivity contribution in [2.45, 2.75) is 6.92 Å². The maximum Gasteiger partial charge on any atom is 0.0756 e. The highest BCUT2D eigenvalue weighted by atomic mass is 79.9. The van der Waals surface area contributed by atoms with E-state index in [0.29, 0.717) is 21.2 Å². The molecule has 0 fully saturated rings. The molecule has 0 radical (unpaired) electrons. The largest absolute Gasteiger partial charge is 0.397 e. The number of fused-ring (bicyclic) bond motifs is 1. The van der Waals surface area contributed by atoms with Crippen molar-refractivity contribution in [3.63, 3.8) is 0 Å². The summed E-state index contributed by atoms with van der Waals surface area (Å²) in [5.41, 5.74) is 8.08. The van der Waals surface area contributed by atoms with E-state index in [4.69, 9.17) is 28.9 Å². The van der Waals surface area contributed by atoms with Crippen molar-refractivity contribution in [2.75, 3.05) is 5.73 Å². The molecule has 5 heteroatoms. The Balaban J connectivity index is 2.99. The van der Waals surface area contributed by atoms with E-state index in [2.05, 4.69) is 20.9 Å². The molecule has 2 rings (SSSR count). The van der Waals surface area contributed by atoms with Gasteiger partial charge in [0.2, 0.25) is 0 Å². The summed E-state index contributed by atoms with van der Waals surface area (Å²) < 4.78 is 0.777. The molecule has 78 valence electrons. The third kappa shape index (κ3) is 1.80. The molecule has 2 aromatic rings. The molecular formula is C10H7BrCl2N2. The number of hydrogen-bond acceptors (Lipinski definition) is 2. The summed E-state index contributed by atoms with van der Waals surface area (Å²) in [7, 11) is 0. The second-order valence-electron chi connectivity index (χ2n) is 3.21. The molecule has 0 aliphatic carbocycles. The zero-order chi connectivity index (χ0) is 11.2. The van der Waals surface area contributed by atoms with Crippen LogP contribution in [0.25, 0.3) is 10.9 Å². The molecule has 0 saturated carbocycles. The molecule has 1 aromatic carbocycles. The van der Waals surface area contributed by atoms with Gasteiger partial charge in [-0.25, -0.2) is 0 Å². The van der Waals surface area contributed by atoms with Gasteiger partial charge in [-0.05, 0) is 35.0 Å². The highest BCUT2D eigenvalue weighted by molar-refractivity contribution is 9.10. The normalized spacial score (nSPS) is 10.9. The lowest BCUT2D eigenvalue weighted by atomic mass is 10.1. The predicted octanol–water partition coefficient (Wildman–Crippen LogP) is 4.19.